The molecule has 1 aromatic rings. The molecule has 0 nitrogen and oxygen atoms in total. The van der Waals surface area contributed by atoms with Crippen LogP contribution in [0, 0.1) is 5.41 Å². The van der Waals surface area contributed by atoms with E-state index in [1.165, 1.54) is 37.7 Å². The van der Waals surface area contributed by atoms with Crippen LogP contribution in [-0.4, -0.2) is 5.33 Å². The van der Waals surface area contributed by atoms with Crippen molar-refractivity contribution in [3.8, 4) is 0 Å². The van der Waals surface area contributed by atoms with Crippen LogP contribution < -0.4 is 0 Å². The molecule has 1 atom stereocenters. The Morgan fingerprint density at radius 1 is 1.12 bits per heavy atom. The second-order valence-corrected chi connectivity index (χ2v) is 5.59. The van der Waals surface area contributed by atoms with Crippen molar-refractivity contribution in [1.29, 1.82) is 0 Å². The highest BCUT2D eigenvalue weighted by Gasteiger charge is 2.20. The van der Waals surface area contributed by atoms with Gasteiger partial charge in [0.05, 0.1) is 0 Å². The summed E-state index contributed by atoms with van der Waals surface area (Å²) in [5.74, 6) is 0. The highest BCUT2D eigenvalue weighted by atomic mass is 79.9. The number of hydrogen-bond acceptors (Lipinski definition) is 0. The average Bonchev–Trinajstić information content (AvgIpc) is 2.31. The molecule has 1 unspecified atom stereocenters. The third kappa shape index (κ3) is 4.69. The Kier molecular flexibility index (Phi) is 6.12. The predicted molar refractivity (Wildman–Crippen MR) is 76.2 cm³/mol. The Morgan fingerprint density at radius 3 is 2.38 bits per heavy atom. The summed E-state index contributed by atoms with van der Waals surface area (Å²) in [6, 6.07) is 10.8. The zero-order valence-electron chi connectivity index (χ0n) is 10.5. The molecule has 1 aromatic carbocycles. The highest BCUT2D eigenvalue weighted by molar-refractivity contribution is 9.09. The monoisotopic (exact) mass is 282 g/mol. The first-order chi connectivity index (χ1) is 7.70. The summed E-state index contributed by atoms with van der Waals surface area (Å²) in [4.78, 5) is 0. The molecule has 0 aromatic heterocycles. The molecule has 1 rings (SSSR count). The van der Waals surface area contributed by atoms with Crippen molar-refractivity contribution in [2.75, 3.05) is 5.33 Å². The van der Waals surface area contributed by atoms with Gasteiger partial charge in [-0.05, 0) is 36.7 Å². The van der Waals surface area contributed by atoms with Gasteiger partial charge in [0.2, 0.25) is 0 Å². The Balaban J connectivity index is 2.34. The van der Waals surface area contributed by atoms with Crippen molar-refractivity contribution in [3.05, 3.63) is 35.9 Å². The third-order valence-electron chi connectivity index (χ3n) is 3.26. The molecular weight excluding hydrogens is 260 g/mol. The number of benzene rings is 1. The predicted octanol–water partition coefficient (Wildman–Crippen LogP) is 5.21. The topological polar surface area (TPSA) is 0 Å². The van der Waals surface area contributed by atoms with Crippen LogP contribution in [0.5, 0.6) is 0 Å². The van der Waals surface area contributed by atoms with E-state index in [1.54, 1.807) is 0 Å². The van der Waals surface area contributed by atoms with Gasteiger partial charge in [0.15, 0.2) is 0 Å². The van der Waals surface area contributed by atoms with Crippen molar-refractivity contribution in [1.82, 2.24) is 0 Å². The molecule has 16 heavy (non-hydrogen) atoms. The summed E-state index contributed by atoms with van der Waals surface area (Å²) in [6.45, 7) is 4.67. The maximum Gasteiger partial charge on any atom is 0.00853 e. The number of hydrogen-bond donors (Lipinski definition) is 0. The molecule has 0 fully saturated rings. The van der Waals surface area contributed by atoms with Crippen molar-refractivity contribution >= 4 is 15.9 Å². The molecule has 0 bridgehead atoms. The second-order valence-electron chi connectivity index (χ2n) is 5.03. The molecule has 1 heteroatoms. The summed E-state index contributed by atoms with van der Waals surface area (Å²) in [6.07, 6.45) is 6.45. The van der Waals surface area contributed by atoms with E-state index in [4.69, 9.17) is 0 Å². The van der Waals surface area contributed by atoms with Gasteiger partial charge < -0.3 is 0 Å². The third-order valence-corrected chi connectivity index (χ3v) is 4.62. The van der Waals surface area contributed by atoms with Crippen LogP contribution in [-0.2, 0) is 6.42 Å². The first-order valence-electron chi connectivity index (χ1n) is 6.30. The second kappa shape index (κ2) is 7.11. The quantitative estimate of drug-likeness (QED) is 0.602. The Bertz CT molecular complexity index is 281. The van der Waals surface area contributed by atoms with Gasteiger partial charge >= 0.3 is 0 Å². The summed E-state index contributed by atoms with van der Waals surface area (Å²) < 4.78 is 0. The summed E-state index contributed by atoms with van der Waals surface area (Å²) in [7, 11) is 0. The lowest BCUT2D eigenvalue weighted by molar-refractivity contribution is 0.306. The maximum absolute atomic E-state index is 3.66. The molecule has 0 heterocycles. The minimum absolute atomic E-state index is 0.490. The van der Waals surface area contributed by atoms with Gasteiger partial charge in [-0.25, -0.2) is 0 Å². The molecule has 0 aliphatic rings. The van der Waals surface area contributed by atoms with Gasteiger partial charge in [0.1, 0.15) is 0 Å². The molecule has 0 amide bonds. The normalized spacial score (nSPS) is 14.7. The molecule has 0 spiro atoms. The van der Waals surface area contributed by atoms with Crippen LogP contribution in [0.1, 0.15) is 45.1 Å². The SMILES string of the molecule is CCCC(C)(CBr)CCCc1ccccc1. The molecule has 0 saturated heterocycles. The standard InChI is InChI=1S/C15H23Br/c1-3-11-15(2,13-16)12-7-10-14-8-5-4-6-9-14/h4-6,8-9H,3,7,10-13H2,1-2H3. The molecule has 90 valence electrons. The molecule has 0 N–H and O–H groups in total. The van der Waals surface area contributed by atoms with E-state index in [0.717, 1.165) is 5.33 Å². The van der Waals surface area contributed by atoms with Gasteiger partial charge in [0, 0.05) is 5.33 Å². The maximum atomic E-state index is 3.66. The zero-order valence-corrected chi connectivity index (χ0v) is 12.1. The van der Waals surface area contributed by atoms with Crippen molar-refractivity contribution in [3.63, 3.8) is 0 Å². The van der Waals surface area contributed by atoms with Crippen LogP contribution in [0.25, 0.3) is 0 Å². The first kappa shape index (κ1) is 13.8. The average molecular weight is 283 g/mol. The fourth-order valence-corrected chi connectivity index (χ4v) is 2.79. The van der Waals surface area contributed by atoms with Crippen LogP contribution in [0.2, 0.25) is 0 Å². The van der Waals surface area contributed by atoms with E-state index in [9.17, 15) is 0 Å². The van der Waals surface area contributed by atoms with Gasteiger partial charge in [-0.15, -0.1) is 0 Å². The number of aryl methyl sites for hydroxylation is 1. The molecule has 0 aliphatic heterocycles. The van der Waals surface area contributed by atoms with Crippen LogP contribution in [0.3, 0.4) is 0 Å². The van der Waals surface area contributed by atoms with Gasteiger partial charge in [-0.2, -0.15) is 0 Å². The fourth-order valence-electron chi connectivity index (χ4n) is 2.23. The van der Waals surface area contributed by atoms with Gasteiger partial charge in [-0.3, -0.25) is 0 Å². The van der Waals surface area contributed by atoms with E-state index in [-0.39, 0.29) is 0 Å². The Hall–Kier alpha value is -0.300. The van der Waals surface area contributed by atoms with Crippen LogP contribution in [0.4, 0.5) is 0 Å². The number of rotatable bonds is 7. The Labute approximate surface area is 109 Å². The van der Waals surface area contributed by atoms with E-state index in [2.05, 4.69) is 60.1 Å². The van der Waals surface area contributed by atoms with Crippen molar-refractivity contribution in [2.45, 2.75) is 46.0 Å². The van der Waals surface area contributed by atoms with E-state index in [0.29, 0.717) is 5.41 Å². The lowest BCUT2D eigenvalue weighted by Gasteiger charge is -2.26. The van der Waals surface area contributed by atoms with Crippen LogP contribution in [0.15, 0.2) is 30.3 Å². The van der Waals surface area contributed by atoms with Gasteiger partial charge in [-0.1, -0.05) is 66.5 Å². The van der Waals surface area contributed by atoms with Crippen molar-refractivity contribution in [2.24, 2.45) is 5.41 Å². The van der Waals surface area contributed by atoms with E-state index >= 15 is 0 Å². The van der Waals surface area contributed by atoms with Gasteiger partial charge in [0.25, 0.3) is 0 Å². The largest absolute Gasteiger partial charge is 0.0922 e. The molecule has 0 radical (unpaired) electrons. The minimum atomic E-state index is 0.490. The molecular formula is C15H23Br. The summed E-state index contributed by atoms with van der Waals surface area (Å²) >= 11 is 3.66. The van der Waals surface area contributed by atoms with Crippen LogP contribution >= 0.6 is 15.9 Å². The zero-order chi connectivity index (χ0) is 11.9. The summed E-state index contributed by atoms with van der Waals surface area (Å²) in [5, 5.41) is 1.13. The minimum Gasteiger partial charge on any atom is -0.0922 e. The smallest absolute Gasteiger partial charge is 0.00853 e. The lowest BCUT2D eigenvalue weighted by Crippen LogP contribution is -2.18. The van der Waals surface area contributed by atoms with E-state index < -0.39 is 0 Å². The highest BCUT2D eigenvalue weighted by Crippen LogP contribution is 2.31. The number of alkyl halides is 1. The lowest BCUT2D eigenvalue weighted by atomic mass is 9.82. The molecule has 0 saturated carbocycles. The molecule has 0 aliphatic carbocycles. The Morgan fingerprint density at radius 2 is 1.81 bits per heavy atom. The summed E-state index contributed by atoms with van der Waals surface area (Å²) in [5.41, 5.74) is 1.96. The first-order valence-corrected chi connectivity index (χ1v) is 7.42. The number of halogens is 1. The van der Waals surface area contributed by atoms with Crippen molar-refractivity contribution < 1.29 is 0 Å². The van der Waals surface area contributed by atoms with E-state index in [1.807, 2.05) is 0 Å². The fraction of sp³-hybridized carbons (Fsp3) is 0.600.